The monoisotopic (exact) mass is 396 g/mol. The first-order valence-corrected chi connectivity index (χ1v) is 10.8. The van der Waals surface area contributed by atoms with E-state index in [0.29, 0.717) is 10.6 Å². The summed E-state index contributed by atoms with van der Waals surface area (Å²) in [5.41, 5.74) is 3.65. The largest absolute Gasteiger partial charge is 0.333 e. The number of thioether (sulfide) groups is 1. The zero-order valence-corrected chi connectivity index (χ0v) is 16.7. The van der Waals surface area contributed by atoms with Gasteiger partial charge in [0.1, 0.15) is 11.1 Å². The van der Waals surface area contributed by atoms with E-state index in [4.69, 9.17) is 0 Å². The van der Waals surface area contributed by atoms with Gasteiger partial charge in [-0.15, -0.1) is 11.3 Å². The average Bonchev–Trinajstić information content (AvgIpc) is 3.13. The summed E-state index contributed by atoms with van der Waals surface area (Å²) in [6.07, 6.45) is 5.43. The van der Waals surface area contributed by atoms with Crippen LogP contribution in [-0.4, -0.2) is 21.1 Å². The zero-order valence-electron chi connectivity index (χ0n) is 15.0. The van der Waals surface area contributed by atoms with Crippen molar-refractivity contribution >= 4 is 45.0 Å². The third kappa shape index (κ3) is 3.73. The second-order valence-electron chi connectivity index (χ2n) is 6.69. The van der Waals surface area contributed by atoms with Crippen molar-refractivity contribution < 1.29 is 4.79 Å². The number of nitrogens with zero attached hydrogens (tertiary/aromatic N) is 2. The molecular formula is C20H20N4OS2. The van der Waals surface area contributed by atoms with Gasteiger partial charge < -0.3 is 10.3 Å². The third-order valence-electron chi connectivity index (χ3n) is 4.80. The van der Waals surface area contributed by atoms with E-state index < -0.39 is 0 Å². The molecule has 3 aromatic rings. The number of imidazole rings is 1. The molecule has 1 aliphatic rings. The molecule has 0 bridgehead atoms. The second kappa shape index (κ2) is 7.75. The van der Waals surface area contributed by atoms with Crippen LogP contribution in [-0.2, 0) is 17.6 Å². The van der Waals surface area contributed by atoms with Crippen molar-refractivity contribution in [3.63, 3.8) is 0 Å². The molecule has 0 saturated heterocycles. The molecule has 2 heterocycles. The van der Waals surface area contributed by atoms with Gasteiger partial charge in [0, 0.05) is 4.88 Å². The summed E-state index contributed by atoms with van der Waals surface area (Å²) >= 11 is 2.96. The van der Waals surface area contributed by atoms with Crippen LogP contribution in [0.4, 0.5) is 5.00 Å². The van der Waals surface area contributed by atoms with E-state index in [1.54, 1.807) is 11.3 Å². The Balaban J connectivity index is 1.49. The number of para-hydroxylation sites is 2. The second-order valence-corrected chi connectivity index (χ2v) is 9.12. The summed E-state index contributed by atoms with van der Waals surface area (Å²) in [7, 11) is 0. The molecule has 1 atom stereocenters. The molecule has 138 valence electrons. The summed E-state index contributed by atoms with van der Waals surface area (Å²) in [5.74, 6) is -0.103. The zero-order chi connectivity index (χ0) is 18.8. The molecule has 1 aromatic carbocycles. The summed E-state index contributed by atoms with van der Waals surface area (Å²) in [6.45, 7) is 1.86. The molecule has 0 spiro atoms. The topological polar surface area (TPSA) is 81.6 Å². The summed E-state index contributed by atoms with van der Waals surface area (Å²) in [6, 6.07) is 10.1. The highest BCUT2D eigenvalue weighted by atomic mass is 32.2. The van der Waals surface area contributed by atoms with Gasteiger partial charge in [-0.3, -0.25) is 4.79 Å². The molecule has 2 aromatic heterocycles. The smallest absolute Gasteiger partial charge is 0.238 e. The van der Waals surface area contributed by atoms with Crippen molar-refractivity contribution in [1.82, 2.24) is 9.97 Å². The molecule has 2 N–H and O–H groups in total. The van der Waals surface area contributed by atoms with Crippen LogP contribution in [0.3, 0.4) is 0 Å². The van der Waals surface area contributed by atoms with E-state index in [2.05, 4.69) is 21.4 Å². The van der Waals surface area contributed by atoms with Crippen molar-refractivity contribution in [2.75, 3.05) is 5.32 Å². The molecule has 0 saturated carbocycles. The Morgan fingerprint density at radius 2 is 2.15 bits per heavy atom. The molecule has 0 radical (unpaired) electrons. The molecule has 7 heteroatoms. The van der Waals surface area contributed by atoms with E-state index in [-0.39, 0.29) is 11.2 Å². The van der Waals surface area contributed by atoms with Crippen molar-refractivity contribution in [1.29, 1.82) is 5.26 Å². The number of hydrogen-bond donors (Lipinski definition) is 2. The molecule has 0 aliphatic heterocycles. The highest BCUT2D eigenvalue weighted by Gasteiger charge is 2.23. The quantitative estimate of drug-likeness (QED) is 0.486. The van der Waals surface area contributed by atoms with Gasteiger partial charge in [-0.25, -0.2) is 4.98 Å². The van der Waals surface area contributed by atoms with Crippen molar-refractivity contribution in [2.24, 2.45) is 0 Å². The Morgan fingerprint density at radius 3 is 2.96 bits per heavy atom. The number of aromatic nitrogens is 2. The lowest BCUT2D eigenvalue weighted by Gasteiger charge is -2.09. The number of fused-ring (bicyclic) bond motifs is 2. The van der Waals surface area contributed by atoms with Gasteiger partial charge in [0.2, 0.25) is 5.91 Å². The number of aryl methyl sites for hydroxylation is 1. The number of H-pyrrole nitrogens is 1. The summed E-state index contributed by atoms with van der Waals surface area (Å²) in [5, 5.41) is 13.7. The standard InChI is InChI=1S/C20H20N4OS2/c1-12(26-20-22-15-8-5-6-9-16(15)23-20)18(25)24-19-14(11-21)13-7-3-2-4-10-17(13)27-19/h5-6,8-9,12H,2-4,7,10H2,1H3,(H,22,23)(H,24,25)/t12-/m1/s1. The Bertz CT molecular complexity index is 997. The Labute approximate surface area is 166 Å². The Morgan fingerprint density at radius 1 is 1.33 bits per heavy atom. The Kier molecular flexibility index (Phi) is 5.19. The first kappa shape index (κ1) is 18.1. The molecule has 1 aliphatic carbocycles. The van der Waals surface area contributed by atoms with Gasteiger partial charge in [-0.1, -0.05) is 30.3 Å². The van der Waals surface area contributed by atoms with Crippen LogP contribution in [0.2, 0.25) is 0 Å². The maximum atomic E-state index is 12.7. The fourth-order valence-electron chi connectivity index (χ4n) is 3.37. The van der Waals surface area contributed by atoms with Gasteiger partial charge in [-0.05, 0) is 50.3 Å². The highest BCUT2D eigenvalue weighted by molar-refractivity contribution is 8.00. The lowest BCUT2D eigenvalue weighted by atomic mass is 10.1. The van der Waals surface area contributed by atoms with Gasteiger partial charge in [0.15, 0.2) is 5.16 Å². The molecule has 5 nitrogen and oxygen atoms in total. The van der Waals surface area contributed by atoms with Crippen molar-refractivity contribution in [3.05, 3.63) is 40.3 Å². The minimum absolute atomic E-state index is 0.103. The van der Waals surface area contributed by atoms with Crippen molar-refractivity contribution in [2.45, 2.75) is 49.4 Å². The number of anilines is 1. The molecule has 4 rings (SSSR count). The number of thiophene rings is 1. The van der Waals surface area contributed by atoms with Crippen LogP contribution in [0.5, 0.6) is 0 Å². The first-order chi connectivity index (χ1) is 13.2. The Hall–Kier alpha value is -2.30. The van der Waals surface area contributed by atoms with Gasteiger partial charge in [-0.2, -0.15) is 5.26 Å². The van der Waals surface area contributed by atoms with E-state index in [1.165, 1.54) is 23.1 Å². The maximum Gasteiger partial charge on any atom is 0.238 e. The van der Waals surface area contributed by atoms with Crippen LogP contribution in [0.25, 0.3) is 11.0 Å². The lowest BCUT2D eigenvalue weighted by molar-refractivity contribution is -0.115. The van der Waals surface area contributed by atoms with E-state index >= 15 is 0 Å². The molecule has 0 unspecified atom stereocenters. The fraction of sp³-hybridized carbons (Fsp3) is 0.350. The van der Waals surface area contributed by atoms with E-state index in [9.17, 15) is 10.1 Å². The predicted molar refractivity (Wildman–Crippen MR) is 110 cm³/mol. The summed E-state index contributed by atoms with van der Waals surface area (Å²) in [4.78, 5) is 21.7. The van der Waals surface area contributed by atoms with Gasteiger partial charge in [0.25, 0.3) is 0 Å². The van der Waals surface area contributed by atoms with Crippen LogP contribution in [0.1, 0.15) is 42.2 Å². The molecule has 0 fully saturated rings. The van der Waals surface area contributed by atoms with E-state index in [0.717, 1.165) is 47.4 Å². The predicted octanol–water partition coefficient (Wildman–Crippen LogP) is 4.88. The minimum atomic E-state index is -0.320. The number of carbonyl (C=O) groups excluding carboxylic acids is 1. The highest BCUT2D eigenvalue weighted by Crippen LogP contribution is 2.37. The van der Waals surface area contributed by atoms with Crippen LogP contribution >= 0.6 is 23.1 Å². The number of benzene rings is 1. The molecule has 1 amide bonds. The van der Waals surface area contributed by atoms with Crippen LogP contribution < -0.4 is 5.32 Å². The molecule has 27 heavy (non-hydrogen) atoms. The number of aromatic amines is 1. The minimum Gasteiger partial charge on any atom is -0.333 e. The normalized spacial score (nSPS) is 15.0. The van der Waals surface area contributed by atoms with Crippen molar-refractivity contribution in [3.8, 4) is 6.07 Å². The molecular weight excluding hydrogens is 376 g/mol. The maximum absolute atomic E-state index is 12.7. The van der Waals surface area contributed by atoms with Crippen LogP contribution in [0.15, 0.2) is 29.4 Å². The van der Waals surface area contributed by atoms with Gasteiger partial charge >= 0.3 is 0 Å². The summed E-state index contributed by atoms with van der Waals surface area (Å²) < 4.78 is 0. The van der Waals surface area contributed by atoms with E-state index in [1.807, 2.05) is 31.2 Å². The average molecular weight is 397 g/mol. The number of hydrogen-bond acceptors (Lipinski definition) is 5. The fourth-order valence-corrected chi connectivity index (χ4v) is 5.43. The third-order valence-corrected chi connectivity index (χ3v) is 6.99. The SMILES string of the molecule is C[C@@H](Sc1nc2ccccc2[nH]1)C(=O)Nc1sc2c(c1C#N)CCCCC2. The number of nitriles is 1. The number of rotatable bonds is 4. The number of nitrogens with one attached hydrogen (secondary N) is 2. The first-order valence-electron chi connectivity index (χ1n) is 9.12. The number of amides is 1. The van der Waals surface area contributed by atoms with Crippen LogP contribution in [0, 0.1) is 11.3 Å². The van der Waals surface area contributed by atoms with Gasteiger partial charge in [0.05, 0.1) is 21.8 Å². The lowest BCUT2D eigenvalue weighted by Crippen LogP contribution is -2.22. The number of carbonyl (C=O) groups is 1.